The molecule has 1 fully saturated rings. The molecule has 90 valence electrons. The van der Waals surface area contributed by atoms with Crippen LogP contribution < -0.4 is 5.32 Å². The van der Waals surface area contributed by atoms with Crippen LogP contribution >= 0.6 is 0 Å². The molecular formula is C12H26N2O. The summed E-state index contributed by atoms with van der Waals surface area (Å²) in [4.78, 5) is 2.61. The summed E-state index contributed by atoms with van der Waals surface area (Å²) in [5.74, 6) is 0.867. The lowest BCUT2D eigenvalue weighted by Gasteiger charge is -2.32. The van der Waals surface area contributed by atoms with Crippen LogP contribution in [0.4, 0.5) is 0 Å². The molecule has 1 rings (SSSR count). The predicted molar refractivity (Wildman–Crippen MR) is 64.2 cm³/mol. The number of ether oxygens (including phenoxy) is 1. The fraction of sp³-hybridized carbons (Fsp3) is 1.00. The van der Waals surface area contributed by atoms with Crippen molar-refractivity contribution in [3.63, 3.8) is 0 Å². The third-order valence-electron chi connectivity index (χ3n) is 3.17. The number of hydrogen-bond donors (Lipinski definition) is 1. The molecule has 1 aliphatic rings. The summed E-state index contributed by atoms with van der Waals surface area (Å²) in [6.07, 6.45) is 5.25. The van der Waals surface area contributed by atoms with Gasteiger partial charge in [-0.25, -0.2) is 0 Å². The van der Waals surface area contributed by atoms with E-state index in [0.29, 0.717) is 0 Å². The van der Waals surface area contributed by atoms with Crippen molar-refractivity contribution in [2.45, 2.75) is 25.7 Å². The third-order valence-corrected chi connectivity index (χ3v) is 3.17. The third kappa shape index (κ3) is 5.50. The van der Waals surface area contributed by atoms with Gasteiger partial charge in [-0.2, -0.15) is 0 Å². The van der Waals surface area contributed by atoms with Gasteiger partial charge in [0, 0.05) is 20.3 Å². The van der Waals surface area contributed by atoms with Crippen molar-refractivity contribution in [1.29, 1.82) is 0 Å². The first-order chi connectivity index (χ1) is 7.36. The Morgan fingerprint density at radius 2 is 2.27 bits per heavy atom. The monoisotopic (exact) mass is 214 g/mol. The molecule has 0 aromatic carbocycles. The maximum Gasteiger partial charge on any atom is 0.0462 e. The minimum absolute atomic E-state index is 0.867. The maximum absolute atomic E-state index is 5.06. The second-order valence-electron chi connectivity index (χ2n) is 4.57. The Hall–Kier alpha value is -0.120. The van der Waals surface area contributed by atoms with Crippen LogP contribution in [0.5, 0.6) is 0 Å². The van der Waals surface area contributed by atoms with Crippen LogP contribution in [0.1, 0.15) is 25.7 Å². The van der Waals surface area contributed by atoms with Crippen molar-refractivity contribution < 1.29 is 4.74 Å². The molecule has 1 N–H and O–H groups in total. The summed E-state index contributed by atoms with van der Waals surface area (Å²) in [6.45, 7) is 5.92. The van der Waals surface area contributed by atoms with Crippen LogP contribution in [0.3, 0.4) is 0 Å². The van der Waals surface area contributed by atoms with Crippen LogP contribution in [-0.4, -0.2) is 51.8 Å². The zero-order valence-electron chi connectivity index (χ0n) is 10.3. The van der Waals surface area contributed by atoms with Gasteiger partial charge < -0.3 is 15.0 Å². The molecule has 0 amide bonds. The molecule has 0 bridgehead atoms. The van der Waals surface area contributed by atoms with Crippen molar-refractivity contribution in [1.82, 2.24) is 10.2 Å². The number of methoxy groups -OCH3 is 1. The SMILES string of the molecule is CNCC1CCCN(CCCCOC)C1. The highest BCUT2D eigenvalue weighted by molar-refractivity contribution is 4.73. The van der Waals surface area contributed by atoms with E-state index in [9.17, 15) is 0 Å². The van der Waals surface area contributed by atoms with Gasteiger partial charge >= 0.3 is 0 Å². The molecule has 0 aromatic heterocycles. The summed E-state index contributed by atoms with van der Waals surface area (Å²) >= 11 is 0. The Bertz CT molecular complexity index is 151. The number of nitrogens with one attached hydrogen (secondary N) is 1. The van der Waals surface area contributed by atoms with Crippen molar-refractivity contribution in [3.8, 4) is 0 Å². The van der Waals surface area contributed by atoms with E-state index in [4.69, 9.17) is 4.74 Å². The quantitative estimate of drug-likeness (QED) is 0.647. The van der Waals surface area contributed by atoms with E-state index >= 15 is 0 Å². The number of nitrogens with zero attached hydrogens (tertiary/aromatic N) is 1. The van der Waals surface area contributed by atoms with Crippen molar-refractivity contribution >= 4 is 0 Å². The van der Waals surface area contributed by atoms with E-state index < -0.39 is 0 Å². The second kappa shape index (κ2) is 8.08. The lowest BCUT2D eigenvalue weighted by atomic mass is 9.98. The molecule has 1 heterocycles. The second-order valence-corrected chi connectivity index (χ2v) is 4.57. The number of rotatable bonds is 7. The van der Waals surface area contributed by atoms with Gasteiger partial charge in [0.1, 0.15) is 0 Å². The standard InChI is InChI=1S/C12H26N2O/c1-13-10-12-6-5-8-14(11-12)7-3-4-9-15-2/h12-13H,3-11H2,1-2H3. The van der Waals surface area contributed by atoms with Crippen LogP contribution in [0, 0.1) is 5.92 Å². The largest absolute Gasteiger partial charge is 0.385 e. The van der Waals surface area contributed by atoms with Crippen LogP contribution in [0.15, 0.2) is 0 Å². The minimum atomic E-state index is 0.867. The molecule has 0 spiro atoms. The summed E-state index contributed by atoms with van der Waals surface area (Å²) in [6, 6.07) is 0. The summed E-state index contributed by atoms with van der Waals surface area (Å²) in [5.41, 5.74) is 0. The van der Waals surface area contributed by atoms with Gasteiger partial charge in [0.15, 0.2) is 0 Å². The zero-order valence-corrected chi connectivity index (χ0v) is 10.3. The van der Waals surface area contributed by atoms with Gasteiger partial charge in [-0.05, 0) is 58.3 Å². The number of unbranched alkanes of at least 4 members (excludes halogenated alkanes) is 1. The van der Waals surface area contributed by atoms with E-state index in [2.05, 4.69) is 17.3 Å². The summed E-state index contributed by atoms with van der Waals surface area (Å²) < 4.78 is 5.06. The molecular weight excluding hydrogens is 188 g/mol. The molecule has 1 aliphatic heterocycles. The zero-order chi connectivity index (χ0) is 10.9. The first-order valence-electron chi connectivity index (χ1n) is 6.22. The highest BCUT2D eigenvalue weighted by atomic mass is 16.5. The lowest BCUT2D eigenvalue weighted by Crippen LogP contribution is -2.39. The van der Waals surface area contributed by atoms with Crippen LogP contribution in [0.25, 0.3) is 0 Å². The molecule has 3 heteroatoms. The highest BCUT2D eigenvalue weighted by Crippen LogP contribution is 2.15. The number of likely N-dealkylation sites (tertiary alicyclic amines) is 1. The highest BCUT2D eigenvalue weighted by Gasteiger charge is 2.18. The molecule has 1 unspecified atom stereocenters. The van der Waals surface area contributed by atoms with E-state index in [-0.39, 0.29) is 0 Å². The Morgan fingerprint density at radius 1 is 1.40 bits per heavy atom. The summed E-state index contributed by atoms with van der Waals surface area (Å²) in [7, 11) is 3.83. The van der Waals surface area contributed by atoms with Gasteiger partial charge in [-0.1, -0.05) is 0 Å². The van der Waals surface area contributed by atoms with Gasteiger partial charge in [-0.15, -0.1) is 0 Å². The fourth-order valence-corrected chi connectivity index (χ4v) is 2.39. The number of hydrogen-bond acceptors (Lipinski definition) is 3. The average Bonchev–Trinajstić information content (AvgIpc) is 2.26. The normalized spacial score (nSPS) is 23.2. The maximum atomic E-state index is 5.06. The Kier molecular flexibility index (Phi) is 6.98. The topological polar surface area (TPSA) is 24.5 Å². The molecule has 3 nitrogen and oxygen atoms in total. The molecule has 0 radical (unpaired) electrons. The van der Waals surface area contributed by atoms with Gasteiger partial charge in [0.05, 0.1) is 0 Å². The van der Waals surface area contributed by atoms with Gasteiger partial charge in [0.2, 0.25) is 0 Å². The van der Waals surface area contributed by atoms with Gasteiger partial charge in [0.25, 0.3) is 0 Å². The van der Waals surface area contributed by atoms with E-state index in [1.165, 1.54) is 51.9 Å². The summed E-state index contributed by atoms with van der Waals surface area (Å²) in [5, 5.41) is 3.29. The van der Waals surface area contributed by atoms with E-state index in [1.54, 1.807) is 7.11 Å². The number of piperidine rings is 1. The van der Waals surface area contributed by atoms with E-state index in [1.807, 2.05) is 0 Å². The Morgan fingerprint density at radius 3 is 3.00 bits per heavy atom. The molecule has 0 aliphatic carbocycles. The Balaban J connectivity index is 2.07. The van der Waals surface area contributed by atoms with Crippen molar-refractivity contribution in [2.24, 2.45) is 5.92 Å². The van der Waals surface area contributed by atoms with E-state index in [0.717, 1.165) is 12.5 Å². The first-order valence-corrected chi connectivity index (χ1v) is 6.22. The first kappa shape index (κ1) is 12.9. The molecule has 1 saturated heterocycles. The molecule has 1 atom stereocenters. The lowest BCUT2D eigenvalue weighted by molar-refractivity contribution is 0.156. The fourth-order valence-electron chi connectivity index (χ4n) is 2.39. The van der Waals surface area contributed by atoms with Crippen molar-refractivity contribution in [3.05, 3.63) is 0 Å². The predicted octanol–water partition coefficient (Wildman–Crippen LogP) is 1.34. The molecule has 0 saturated carbocycles. The van der Waals surface area contributed by atoms with Crippen LogP contribution in [-0.2, 0) is 4.74 Å². The van der Waals surface area contributed by atoms with Crippen LogP contribution in [0.2, 0.25) is 0 Å². The minimum Gasteiger partial charge on any atom is -0.385 e. The molecule has 15 heavy (non-hydrogen) atoms. The smallest absolute Gasteiger partial charge is 0.0462 e. The van der Waals surface area contributed by atoms with Crippen molar-refractivity contribution in [2.75, 3.05) is 46.9 Å². The molecule has 0 aromatic rings. The average molecular weight is 214 g/mol. The Labute approximate surface area is 94.2 Å². The van der Waals surface area contributed by atoms with Gasteiger partial charge in [-0.3, -0.25) is 0 Å².